The minimum Gasteiger partial charge on any atom is -0.479 e. The zero-order valence-electron chi connectivity index (χ0n) is 17.8. The largest absolute Gasteiger partial charge is 0.479 e. The second-order valence-electron chi connectivity index (χ2n) is 7.81. The van der Waals surface area contributed by atoms with E-state index in [1.807, 2.05) is 32.0 Å². The van der Waals surface area contributed by atoms with E-state index in [1.165, 1.54) is 4.90 Å². The van der Waals surface area contributed by atoms with Crippen LogP contribution in [0.3, 0.4) is 0 Å². The first-order chi connectivity index (χ1) is 13.7. The average Bonchev–Trinajstić information content (AvgIpc) is 2.99. The highest BCUT2D eigenvalue weighted by atomic mass is 32.1. The predicted octanol–water partition coefficient (Wildman–Crippen LogP) is 4.52. The van der Waals surface area contributed by atoms with Crippen LogP contribution in [0.5, 0.6) is 5.75 Å². The van der Waals surface area contributed by atoms with Crippen molar-refractivity contribution >= 4 is 28.9 Å². The van der Waals surface area contributed by atoms with Gasteiger partial charge in [0.05, 0.1) is 23.0 Å². The molecule has 7 heteroatoms. The molecule has 2 aromatic rings. The fraction of sp³-hybridized carbons (Fsp3) is 0.500. The minimum atomic E-state index is -0.742. The molecule has 2 unspecified atom stereocenters. The van der Waals surface area contributed by atoms with E-state index in [4.69, 9.17) is 9.47 Å². The lowest BCUT2D eigenvalue weighted by Crippen LogP contribution is -2.52. The number of fused-ring (bicyclic) bond motifs is 1. The van der Waals surface area contributed by atoms with E-state index in [9.17, 15) is 9.59 Å². The highest BCUT2D eigenvalue weighted by Gasteiger charge is 2.38. The number of rotatable bonds is 6. The maximum Gasteiger partial charge on any atom is 0.328 e. The molecule has 1 aromatic carbocycles. The number of esters is 1. The molecule has 0 N–H and O–H groups in total. The van der Waals surface area contributed by atoms with Crippen LogP contribution in [-0.4, -0.2) is 35.6 Å². The molecule has 3 rings (SSSR count). The predicted molar refractivity (Wildman–Crippen MR) is 114 cm³/mol. The third-order valence-corrected chi connectivity index (χ3v) is 5.84. The molecule has 0 radical (unpaired) electrons. The molecule has 1 amide bonds. The molecule has 1 aliphatic rings. The summed E-state index contributed by atoms with van der Waals surface area (Å²) in [6, 6.07) is 4.91. The number of aryl methyl sites for hydroxylation is 2. The molecular formula is C22H28N2O4S. The van der Waals surface area contributed by atoms with E-state index >= 15 is 0 Å². The molecule has 2 heterocycles. The van der Waals surface area contributed by atoms with Gasteiger partial charge in [-0.05, 0) is 58.2 Å². The van der Waals surface area contributed by atoms with Crippen molar-refractivity contribution in [2.75, 3.05) is 11.5 Å². The zero-order valence-corrected chi connectivity index (χ0v) is 18.6. The molecule has 1 aliphatic heterocycles. The van der Waals surface area contributed by atoms with Crippen LogP contribution in [0.2, 0.25) is 0 Å². The number of thiazole rings is 1. The maximum atomic E-state index is 12.9. The smallest absolute Gasteiger partial charge is 0.328 e. The standard InChI is InChI=1S/C22H28N2O4S/c1-12(2)9-10-27-22(26)13(3)24-18-11-17(20-15(5)29-16(6)23-20)7-8-19(18)28-14(4)21(24)25/h7-8,11-14H,9-10H2,1-6H3. The van der Waals surface area contributed by atoms with Gasteiger partial charge in [-0.15, -0.1) is 11.3 Å². The van der Waals surface area contributed by atoms with Crippen molar-refractivity contribution in [2.24, 2.45) is 5.92 Å². The molecule has 6 nitrogen and oxygen atoms in total. The normalized spacial score (nSPS) is 17.1. The van der Waals surface area contributed by atoms with Gasteiger partial charge in [0.1, 0.15) is 11.8 Å². The molecule has 1 aromatic heterocycles. The van der Waals surface area contributed by atoms with Gasteiger partial charge >= 0.3 is 5.97 Å². The Morgan fingerprint density at radius 2 is 2.03 bits per heavy atom. The first kappa shape index (κ1) is 21.3. The van der Waals surface area contributed by atoms with Crippen LogP contribution >= 0.6 is 11.3 Å². The van der Waals surface area contributed by atoms with E-state index in [1.54, 1.807) is 25.2 Å². The van der Waals surface area contributed by atoms with Crippen LogP contribution in [0.1, 0.15) is 44.0 Å². The van der Waals surface area contributed by atoms with Crippen molar-refractivity contribution in [3.05, 3.63) is 28.1 Å². The molecule has 0 fully saturated rings. The first-order valence-electron chi connectivity index (χ1n) is 9.93. The molecule has 0 aliphatic carbocycles. The third kappa shape index (κ3) is 4.45. The van der Waals surface area contributed by atoms with E-state index in [-0.39, 0.29) is 5.91 Å². The lowest BCUT2D eigenvalue weighted by Gasteiger charge is -2.36. The summed E-state index contributed by atoms with van der Waals surface area (Å²) in [7, 11) is 0. The number of aromatic nitrogens is 1. The lowest BCUT2D eigenvalue weighted by atomic mass is 10.1. The summed E-state index contributed by atoms with van der Waals surface area (Å²) in [6.45, 7) is 11.9. The molecule has 156 valence electrons. The van der Waals surface area contributed by atoms with E-state index in [0.29, 0.717) is 24.0 Å². The van der Waals surface area contributed by atoms with Gasteiger partial charge in [0, 0.05) is 10.4 Å². The number of hydrogen-bond donors (Lipinski definition) is 0. The highest BCUT2D eigenvalue weighted by molar-refractivity contribution is 7.11. The van der Waals surface area contributed by atoms with Gasteiger partial charge in [-0.2, -0.15) is 0 Å². The topological polar surface area (TPSA) is 68.7 Å². The number of amides is 1. The quantitative estimate of drug-likeness (QED) is 0.648. The SMILES string of the molecule is Cc1nc(-c2ccc3c(c2)N(C(C)C(=O)OCCC(C)C)C(=O)C(C)O3)c(C)s1. The summed E-state index contributed by atoms with van der Waals surface area (Å²) >= 11 is 1.63. The fourth-order valence-corrected chi connectivity index (χ4v) is 4.17. The first-order valence-corrected chi connectivity index (χ1v) is 10.8. The van der Waals surface area contributed by atoms with E-state index in [2.05, 4.69) is 18.8 Å². The van der Waals surface area contributed by atoms with Crippen LogP contribution in [0.15, 0.2) is 18.2 Å². The zero-order chi connectivity index (χ0) is 21.3. The summed E-state index contributed by atoms with van der Waals surface area (Å²) < 4.78 is 11.2. The summed E-state index contributed by atoms with van der Waals surface area (Å²) in [5.74, 6) is 0.350. The van der Waals surface area contributed by atoms with E-state index < -0.39 is 18.1 Å². The summed E-state index contributed by atoms with van der Waals surface area (Å²) in [4.78, 5) is 32.8. The molecule has 29 heavy (non-hydrogen) atoms. The Balaban J connectivity index is 1.94. The molecule has 0 spiro atoms. The number of hydrogen-bond acceptors (Lipinski definition) is 6. The highest BCUT2D eigenvalue weighted by Crippen LogP contribution is 2.39. The Bertz CT molecular complexity index is 922. The Labute approximate surface area is 175 Å². The molecule has 2 atom stereocenters. The Morgan fingerprint density at radius 3 is 2.66 bits per heavy atom. The van der Waals surface area contributed by atoms with Gasteiger partial charge in [0.25, 0.3) is 5.91 Å². The van der Waals surface area contributed by atoms with Crippen molar-refractivity contribution in [1.82, 2.24) is 4.98 Å². The minimum absolute atomic E-state index is 0.255. The van der Waals surface area contributed by atoms with Crippen LogP contribution in [0, 0.1) is 19.8 Å². The Kier molecular flexibility index (Phi) is 6.27. The van der Waals surface area contributed by atoms with Crippen LogP contribution in [0.4, 0.5) is 5.69 Å². The van der Waals surface area contributed by atoms with Crippen molar-refractivity contribution in [3.8, 4) is 17.0 Å². The molecule has 0 bridgehead atoms. The number of anilines is 1. The third-order valence-electron chi connectivity index (χ3n) is 4.95. The molecule has 0 saturated carbocycles. The summed E-state index contributed by atoms with van der Waals surface area (Å²) in [6.07, 6.45) is 0.122. The number of carbonyl (C=O) groups is 2. The van der Waals surface area contributed by atoms with Crippen LogP contribution in [0.25, 0.3) is 11.3 Å². The van der Waals surface area contributed by atoms with Crippen LogP contribution < -0.4 is 9.64 Å². The van der Waals surface area contributed by atoms with Crippen molar-refractivity contribution in [3.63, 3.8) is 0 Å². The van der Waals surface area contributed by atoms with Gasteiger partial charge in [0.2, 0.25) is 0 Å². The lowest BCUT2D eigenvalue weighted by molar-refractivity contribution is -0.147. The van der Waals surface area contributed by atoms with Crippen LogP contribution in [-0.2, 0) is 14.3 Å². The Morgan fingerprint density at radius 1 is 1.31 bits per heavy atom. The number of ether oxygens (including phenoxy) is 2. The van der Waals surface area contributed by atoms with Gasteiger partial charge in [0.15, 0.2) is 6.10 Å². The maximum absolute atomic E-state index is 12.9. The Hall–Kier alpha value is -2.41. The summed E-state index contributed by atoms with van der Waals surface area (Å²) in [5.41, 5.74) is 2.35. The molecular weight excluding hydrogens is 388 g/mol. The van der Waals surface area contributed by atoms with Gasteiger partial charge in [-0.3, -0.25) is 9.69 Å². The average molecular weight is 417 g/mol. The second-order valence-corrected chi connectivity index (χ2v) is 9.22. The fourth-order valence-electron chi connectivity index (χ4n) is 3.33. The second kappa shape index (κ2) is 8.53. The monoisotopic (exact) mass is 416 g/mol. The van der Waals surface area contributed by atoms with E-state index in [0.717, 1.165) is 27.6 Å². The van der Waals surface area contributed by atoms with Gasteiger partial charge in [-0.1, -0.05) is 13.8 Å². The number of nitrogens with zero attached hydrogens (tertiary/aromatic N) is 2. The number of carbonyl (C=O) groups excluding carboxylic acids is 2. The molecule has 0 saturated heterocycles. The van der Waals surface area contributed by atoms with Crippen molar-refractivity contribution in [2.45, 2.75) is 60.1 Å². The van der Waals surface area contributed by atoms with Crippen molar-refractivity contribution in [1.29, 1.82) is 0 Å². The summed E-state index contributed by atoms with van der Waals surface area (Å²) in [5, 5.41) is 0.982. The number of benzene rings is 1. The van der Waals surface area contributed by atoms with Crippen molar-refractivity contribution < 1.29 is 19.1 Å². The van der Waals surface area contributed by atoms with Gasteiger partial charge < -0.3 is 9.47 Å². The van der Waals surface area contributed by atoms with Gasteiger partial charge in [-0.25, -0.2) is 9.78 Å².